The zero-order valence-corrected chi connectivity index (χ0v) is 14.2. The highest BCUT2D eigenvalue weighted by Gasteiger charge is 2.18. The van der Waals surface area contributed by atoms with Gasteiger partial charge in [-0.05, 0) is 35.6 Å². The van der Waals surface area contributed by atoms with Gasteiger partial charge in [0.1, 0.15) is 12.3 Å². The van der Waals surface area contributed by atoms with Crippen LogP contribution < -0.4 is 5.32 Å². The summed E-state index contributed by atoms with van der Waals surface area (Å²) in [6, 6.07) is 5.01. The Bertz CT molecular complexity index is 685. The molecule has 4 nitrogen and oxygen atoms in total. The van der Waals surface area contributed by atoms with Gasteiger partial charge < -0.3 is 15.2 Å². The number of amides is 1. The molecule has 0 fully saturated rings. The predicted molar refractivity (Wildman–Crippen MR) is 95.7 cm³/mol. The highest BCUT2D eigenvalue weighted by atomic mass is 32.1. The average Bonchev–Trinajstić information content (AvgIpc) is 3.20. The summed E-state index contributed by atoms with van der Waals surface area (Å²) in [4.78, 5) is 26.0. The van der Waals surface area contributed by atoms with Crippen molar-refractivity contribution in [2.45, 2.75) is 12.5 Å². The molecule has 1 aliphatic rings. The summed E-state index contributed by atoms with van der Waals surface area (Å²) in [6.45, 7) is 0. The number of aldehydes is 1. The molecule has 0 aromatic carbocycles. The standard InChI is InChI=1S/C16H13NO2S2.CH4O/c18-10-12(14-7-4-8-20-14)17-16(19)15-9-11-5-2-1-3-6-13(11)21-15;1-2/h2-10,12H,1H2,(H,17,19);2H,1H3. The van der Waals surface area contributed by atoms with Crippen LogP contribution >= 0.6 is 22.7 Å². The summed E-state index contributed by atoms with van der Waals surface area (Å²) in [6.07, 6.45) is 9.87. The van der Waals surface area contributed by atoms with Gasteiger partial charge in [0.2, 0.25) is 0 Å². The Labute approximate surface area is 142 Å². The molecule has 0 saturated heterocycles. The maximum absolute atomic E-state index is 12.3. The SMILES string of the molecule is CO.O=CC(NC(=O)c1cc2c(s1)C=CCC=C2)c1cccs1. The van der Waals surface area contributed by atoms with Gasteiger partial charge in [-0.3, -0.25) is 4.79 Å². The second kappa shape index (κ2) is 8.57. The van der Waals surface area contributed by atoms with Crippen molar-refractivity contribution in [3.63, 3.8) is 0 Å². The van der Waals surface area contributed by atoms with Crippen LogP contribution in [0.3, 0.4) is 0 Å². The van der Waals surface area contributed by atoms with E-state index in [9.17, 15) is 9.59 Å². The second-order valence-corrected chi connectivity index (χ2v) is 6.64. The average molecular weight is 347 g/mol. The number of aliphatic hydroxyl groups is 1. The molecule has 0 radical (unpaired) electrons. The van der Waals surface area contributed by atoms with E-state index in [0.717, 1.165) is 35.1 Å². The van der Waals surface area contributed by atoms with Gasteiger partial charge in [0.25, 0.3) is 5.91 Å². The lowest BCUT2D eigenvalue weighted by Gasteiger charge is -2.09. The largest absolute Gasteiger partial charge is 0.400 e. The lowest BCUT2D eigenvalue weighted by atomic mass is 10.2. The molecule has 2 N–H and O–H groups in total. The number of hydrogen-bond donors (Lipinski definition) is 2. The number of thiophene rings is 2. The molecule has 120 valence electrons. The molecule has 1 atom stereocenters. The summed E-state index contributed by atoms with van der Waals surface area (Å²) in [5, 5.41) is 11.7. The van der Waals surface area contributed by atoms with Gasteiger partial charge in [0.15, 0.2) is 0 Å². The first-order valence-corrected chi connectivity index (χ1v) is 8.69. The Kier molecular flexibility index (Phi) is 6.46. The summed E-state index contributed by atoms with van der Waals surface area (Å²) in [7, 11) is 1.00. The van der Waals surface area contributed by atoms with E-state index in [4.69, 9.17) is 5.11 Å². The molecule has 0 bridgehead atoms. The fourth-order valence-electron chi connectivity index (χ4n) is 2.09. The highest BCUT2D eigenvalue weighted by Crippen LogP contribution is 2.28. The number of nitrogens with one attached hydrogen (secondary N) is 1. The van der Waals surface area contributed by atoms with Crippen molar-refractivity contribution in [1.29, 1.82) is 0 Å². The van der Waals surface area contributed by atoms with Crippen molar-refractivity contribution in [3.8, 4) is 0 Å². The first-order valence-electron chi connectivity index (χ1n) is 6.99. The zero-order chi connectivity index (χ0) is 16.7. The van der Waals surface area contributed by atoms with E-state index in [2.05, 4.69) is 17.5 Å². The van der Waals surface area contributed by atoms with Crippen molar-refractivity contribution >= 4 is 47.0 Å². The molecule has 1 amide bonds. The molecule has 1 unspecified atom stereocenters. The fraction of sp³-hybridized carbons (Fsp3) is 0.176. The Morgan fingerprint density at radius 3 is 2.83 bits per heavy atom. The Balaban J connectivity index is 0.000000924. The molecule has 2 heterocycles. The molecular weight excluding hydrogens is 330 g/mol. The number of carbonyl (C=O) groups is 2. The van der Waals surface area contributed by atoms with Crippen molar-refractivity contribution in [1.82, 2.24) is 5.32 Å². The fourth-order valence-corrected chi connectivity index (χ4v) is 3.81. The molecule has 23 heavy (non-hydrogen) atoms. The van der Waals surface area contributed by atoms with E-state index in [-0.39, 0.29) is 5.91 Å². The van der Waals surface area contributed by atoms with Crippen LogP contribution in [0.15, 0.2) is 35.7 Å². The monoisotopic (exact) mass is 347 g/mol. The third-order valence-electron chi connectivity index (χ3n) is 3.13. The van der Waals surface area contributed by atoms with Crippen LogP contribution in [-0.4, -0.2) is 24.4 Å². The van der Waals surface area contributed by atoms with Crippen molar-refractivity contribution < 1.29 is 14.7 Å². The minimum absolute atomic E-state index is 0.208. The van der Waals surface area contributed by atoms with E-state index >= 15 is 0 Å². The van der Waals surface area contributed by atoms with Gasteiger partial charge in [-0.1, -0.05) is 24.3 Å². The van der Waals surface area contributed by atoms with Crippen LogP contribution in [-0.2, 0) is 4.79 Å². The van der Waals surface area contributed by atoms with Gasteiger partial charge in [0.05, 0.1) is 4.88 Å². The quantitative estimate of drug-likeness (QED) is 0.832. The van der Waals surface area contributed by atoms with E-state index in [1.165, 1.54) is 22.7 Å². The third kappa shape index (κ3) is 4.25. The first-order chi connectivity index (χ1) is 11.3. The predicted octanol–water partition coefficient (Wildman–Crippen LogP) is 3.52. The van der Waals surface area contributed by atoms with Gasteiger partial charge in [-0.15, -0.1) is 22.7 Å². The Morgan fingerprint density at radius 2 is 2.13 bits per heavy atom. The van der Waals surface area contributed by atoms with Gasteiger partial charge in [-0.2, -0.15) is 0 Å². The molecule has 0 saturated carbocycles. The maximum atomic E-state index is 12.3. The van der Waals surface area contributed by atoms with Crippen LogP contribution in [0.2, 0.25) is 0 Å². The highest BCUT2D eigenvalue weighted by molar-refractivity contribution is 7.15. The second-order valence-electron chi connectivity index (χ2n) is 4.57. The van der Waals surface area contributed by atoms with Crippen LogP contribution in [0.4, 0.5) is 0 Å². The molecule has 0 aliphatic heterocycles. The zero-order valence-electron chi connectivity index (χ0n) is 12.6. The minimum Gasteiger partial charge on any atom is -0.400 e. The molecule has 2 aromatic rings. The van der Waals surface area contributed by atoms with Crippen molar-refractivity contribution in [2.24, 2.45) is 0 Å². The van der Waals surface area contributed by atoms with Gasteiger partial charge >= 0.3 is 0 Å². The summed E-state index contributed by atoms with van der Waals surface area (Å²) in [5.74, 6) is -0.208. The topological polar surface area (TPSA) is 66.4 Å². The normalized spacial score (nSPS) is 13.3. The van der Waals surface area contributed by atoms with Gasteiger partial charge in [-0.25, -0.2) is 0 Å². The molecular formula is C17H17NO3S2. The van der Waals surface area contributed by atoms with Crippen LogP contribution in [0, 0.1) is 0 Å². The third-order valence-corrected chi connectivity index (χ3v) is 5.20. The van der Waals surface area contributed by atoms with Crippen LogP contribution in [0.5, 0.6) is 0 Å². The smallest absolute Gasteiger partial charge is 0.262 e. The van der Waals surface area contributed by atoms with Gasteiger partial charge in [0, 0.05) is 16.9 Å². The van der Waals surface area contributed by atoms with Crippen molar-refractivity contribution in [2.75, 3.05) is 7.11 Å². The summed E-state index contributed by atoms with van der Waals surface area (Å²) in [5.41, 5.74) is 1.05. The lowest BCUT2D eigenvalue weighted by Crippen LogP contribution is -2.28. The van der Waals surface area contributed by atoms with E-state index in [1.54, 1.807) is 0 Å². The molecule has 6 heteroatoms. The van der Waals surface area contributed by atoms with E-state index in [1.807, 2.05) is 35.7 Å². The summed E-state index contributed by atoms with van der Waals surface area (Å²) < 4.78 is 0. The first kappa shape index (κ1) is 17.3. The number of allylic oxidation sites excluding steroid dienone is 2. The number of hydrogen-bond acceptors (Lipinski definition) is 5. The maximum Gasteiger partial charge on any atom is 0.262 e. The van der Waals surface area contributed by atoms with Crippen LogP contribution in [0.25, 0.3) is 12.2 Å². The number of rotatable bonds is 4. The molecule has 2 aromatic heterocycles. The number of aliphatic hydroxyl groups excluding tert-OH is 1. The Morgan fingerprint density at radius 1 is 1.35 bits per heavy atom. The molecule has 3 rings (SSSR count). The van der Waals surface area contributed by atoms with Crippen LogP contribution in [0.1, 0.15) is 37.5 Å². The minimum atomic E-state index is -0.578. The number of fused-ring (bicyclic) bond motifs is 1. The van der Waals surface area contributed by atoms with E-state index in [0.29, 0.717) is 4.88 Å². The molecule has 1 aliphatic carbocycles. The Hall–Kier alpha value is -2.02. The van der Waals surface area contributed by atoms with E-state index < -0.39 is 6.04 Å². The van der Waals surface area contributed by atoms with Crippen molar-refractivity contribution in [3.05, 3.63) is 55.9 Å². The lowest BCUT2D eigenvalue weighted by molar-refractivity contribution is -0.109. The summed E-state index contributed by atoms with van der Waals surface area (Å²) >= 11 is 2.90. The molecule has 0 spiro atoms. The number of carbonyl (C=O) groups excluding carboxylic acids is 2.